The molecular weight excluding hydrogens is 168 g/mol. The predicted molar refractivity (Wildman–Crippen MR) is 42.6 cm³/mol. The van der Waals surface area contributed by atoms with Crippen LogP contribution >= 0.6 is 11.3 Å². The SMILES string of the molecule is CS(=O)c1ccc(CO)s1. The van der Waals surface area contributed by atoms with Crippen LogP contribution in [0.25, 0.3) is 0 Å². The van der Waals surface area contributed by atoms with Gasteiger partial charge in [-0.2, -0.15) is 0 Å². The summed E-state index contributed by atoms with van der Waals surface area (Å²) in [6.45, 7) is 0.0435. The minimum Gasteiger partial charge on any atom is -0.391 e. The molecule has 4 heteroatoms. The first kappa shape index (κ1) is 7.91. The van der Waals surface area contributed by atoms with Crippen molar-refractivity contribution in [3.8, 4) is 0 Å². The topological polar surface area (TPSA) is 37.3 Å². The highest BCUT2D eigenvalue weighted by Gasteiger charge is 2.00. The summed E-state index contributed by atoms with van der Waals surface area (Å²) < 4.78 is 11.6. The summed E-state index contributed by atoms with van der Waals surface area (Å²) in [5.41, 5.74) is 0. The molecule has 10 heavy (non-hydrogen) atoms. The third-order valence-electron chi connectivity index (χ3n) is 1.08. The molecule has 1 rings (SSSR count). The highest BCUT2D eigenvalue weighted by molar-refractivity contribution is 7.86. The van der Waals surface area contributed by atoms with Crippen molar-refractivity contribution in [2.24, 2.45) is 0 Å². The van der Waals surface area contributed by atoms with Crippen LogP contribution in [0.4, 0.5) is 0 Å². The Labute approximate surface area is 66.0 Å². The fourth-order valence-electron chi connectivity index (χ4n) is 0.598. The van der Waals surface area contributed by atoms with Crippen molar-refractivity contribution in [2.45, 2.75) is 10.8 Å². The number of aliphatic hydroxyl groups excluding tert-OH is 1. The molecule has 0 amide bonds. The number of hydrogen-bond acceptors (Lipinski definition) is 3. The molecule has 0 aliphatic rings. The van der Waals surface area contributed by atoms with Crippen LogP contribution in [0.5, 0.6) is 0 Å². The fourth-order valence-corrected chi connectivity index (χ4v) is 2.24. The van der Waals surface area contributed by atoms with Gasteiger partial charge >= 0.3 is 0 Å². The average molecular weight is 176 g/mol. The van der Waals surface area contributed by atoms with Crippen molar-refractivity contribution >= 4 is 22.1 Å². The van der Waals surface area contributed by atoms with Crippen LogP contribution in [0, 0.1) is 0 Å². The quantitative estimate of drug-likeness (QED) is 0.729. The van der Waals surface area contributed by atoms with Gasteiger partial charge in [0, 0.05) is 11.1 Å². The Morgan fingerprint density at radius 2 is 2.40 bits per heavy atom. The predicted octanol–water partition coefficient (Wildman–Crippen LogP) is 0.978. The highest BCUT2D eigenvalue weighted by atomic mass is 32.2. The van der Waals surface area contributed by atoms with Crippen molar-refractivity contribution in [3.63, 3.8) is 0 Å². The van der Waals surface area contributed by atoms with Crippen molar-refractivity contribution in [1.29, 1.82) is 0 Å². The van der Waals surface area contributed by atoms with Gasteiger partial charge in [0.2, 0.25) is 0 Å². The Hall–Kier alpha value is -0.190. The van der Waals surface area contributed by atoms with E-state index >= 15 is 0 Å². The first-order valence-electron chi connectivity index (χ1n) is 2.77. The van der Waals surface area contributed by atoms with Crippen molar-refractivity contribution in [1.82, 2.24) is 0 Å². The molecule has 0 radical (unpaired) electrons. The van der Waals surface area contributed by atoms with E-state index in [0.717, 1.165) is 9.09 Å². The van der Waals surface area contributed by atoms with Gasteiger partial charge < -0.3 is 5.11 Å². The molecule has 0 saturated heterocycles. The third-order valence-corrected chi connectivity index (χ3v) is 3.60. The molecule has 0 aliphatic heterocycles. The van der Waals surface area contributed by atoms with E-state index < -0.39 is 10.8 Å². The second-order valence-electron chi connectivity index (χ2n) is 1.83. The van der Waals surface area contributed by atoms with Gasteiger partial charge in [-0.3, -0.25) is 4.21 Å². The summed E-state index contributed by atoms with van der Waals surface area (Å²) >= 11 is 1.39. The fraction of sp³-hybridized carbons (Fsp3) is 0.333. The Bertz CT molecular complexity index is 242. The molecule has 1 aromatic heterocycles. The van der Waals surface area contributed by atoms with Crippen molar-refractivity contribution < 1.29 is 9.32 Å². The first-order valence-corrected chi connectivity index (χ1v) is 5.14. The lowest BCUT2D eigenvalue weighted by molar-refractivity contribution is 0.285. The maximum atomic E-state index is 10.8. The van der Waals surface area contributed by atoms with Gasteiger partial charge in [0.25, 0.3) is 0 Å². The Morgan fingerprint density at radius 3 is 2.70 bits per heavy atom. The highest BCUT2D eigenvalue weighted by Crippen LogP contribution is 2.18. The molecule has 0 bridgehead atoms. The van der Waals surface area contributed by atoms with E-state index in [1.165, 1.54) is 11.3 Å². The van der Waals surface area contributed by atoms with Crippen LogP contribution in [0.3, 0.4) is 0 Å². The van der Waals surface area contributed by atoms with Crippen LogP contribution in [-0.4, -0.2) is 15.6 Å². The molecule has 0 aromatic carbocycles. The van der Waals surface area contributed by atoms with Crippen molar-refractivity contribution in [2.75, 3.05) is 6.26 Å². The lowest BCUT2D eigenvalue weighted by atomic mass is 10.5. The summed E-state index contributed by atoms with van der Waals surface area (Å²) in [5.74, 6) is 0. The molecule has 0 fully saturated rings. The zero-order chi connectivity index (χ0) is 7.56. The van der Waals surface area contributed by atoms with Crippen LogP contribution < -0.4 is 0 Å². The average Bonchev–Trinajstić information content (AvgIpc) is 2.34. The number of aliphatic hydroxyl groups is 1. The summed E-state index contributed by atoms with van der Waals surface area (Å²) in [6.07, 6.45) is 1.63. The van der Waals surface area contributed by atoms with E-state index in [4.69, 9.17) is 5.11 Å². The second-order valence-corrected chi connectivity index (χ2v) is 4.61. The maximum absolute atomic E-state index is 10.8. The maximum Gasteiger partial charge on any atom is 0.0911 e. The molecule has 1 unspecified atom stereocenters. The van der Waals surface area contributed by atoms with Gasteiger partial charge in [-0.25, -0.2) is 0 Å². The molecule has 56 valence electrons. The zero-order valence-corrected chi connectivity index (χ0v) is 7.17. The van der Waals surface area contributed by atoms with Gasteiger partial charge in [-0.1, -0.05) is 0 Å². The third kappa shape index (κ3) is 1.65. The van der Waals surface area contributed by atoms with E-state index in [-0.39, 0.29) is 6.61 Å². The molecule has 1 N–H and O–H groups in total. The van der Waals surface area contributed by atoms with Gasteiger partial charge in [0.15, 0.2) is 0 Å². The van der Waals surface area contributed by atoms with Gasteiger partial charge in [-0.05, 0) is 12.1 Å². The zero-order valence-electron chi connectivity index (χ0n) is 5.53. The van der Waals surface area contributed by atoms with Crippen LogP contribution in [0.1, 0.15) is 4.88 Å². The lowest BCUT2D eigenvalue weighted by Gasteiger charge is -1.85. The van der Waals surface area contributed by atoms with Gasteiger partial charge in [-0.15, -0.1) is 11.3 Å². The molecule has 1 aromatic rings. The summed E-state index contributed by atoms with van der Waals surface area (Å²) in [4.78, 5) is 0.866. The van der Waals surface area contributed by atoms with Crippen molar-refractivity contribution in [3.05, 3.63) is 17.0 Å². The minimum absolute atomic E-state index is 0.0435. The Balaban J connectivity index is 2.88. The number of thiophene rings is 1. The summed E-state index contributed by atoms with van der Waals surface area (Å²) in [5, 5.41) is 8.64. The second kappa shape index (κ2) is 3.27. The Kier molecular flexibility index (Phi) is 2.59. The van der Waals surface area contributed by atoms with E-state index in [0.29, 0.717) is 0 Å². The molecule has 1 atom stereocenters. The van der Waals surface area contributed by atoms with E-state index in [1.54, 1.807) is 18.4 Å². The van der Waals surface area contributed by atoms with E-state index in [9.17, 15) is 4.21 Å². The Morgan fingerprint density at radius 1 is 1.70 bits per heavy atom. The monoisotopic (exact) mass is 176 g/mol. The van der Waals surface area contributed by atoms with Gasteiger partial charge in [0.1, 0.15) is 0 Å². The lowest BCUT2D eigenvalue weighted by Crippen LogP contribution is -1.78. The van der Waals surface area contributed by atoms with Crippen LogP contribution in [0.2, 0.25) is 0 Å². The smallest absolute Gasteiger partial charge is 0.0911 e. The summed E-state index contributed by atoms with van der Waals surface area (Å²) in [7, 11) is -0.902. The van der Waals surface area contributed by atoms with E-state index in [2.05, 4.69) is 0 Å². The molecule has 1 heterocycles. The minimum atomic E-state index is -0.902. The first-order chi connectivity index (χ1) is 4.74. The summed E-state index contributed by atoms with van der Waals surface area (Å²) in [6, 6.07) is 3.58. The van der Waals surface area contributed by atoms with E-state index in [1.807, 2.05) is 0 Å². The van der Waals surface area contributed by atoms with Crippen LogP contribution in [0.15, 0.2) is 16.3 Å². The molecular formula is C6H8O2S2. The molecule has 0 saturated carbocycles. The standard InChI is InChI=1S/C6H8O2S2/c1-10(8)6-3-2-5(4-7)9-6/h2-3,7H,4H2,1H3. The number of hydrogen-bond donors (Lipinski definition) is 1. The number of rotatable bonds is 2. The van der Waals surface area contributed by atoms with Crippen LogP contribution in [-0.2, 0) is 17.4 Å². The molecule has 2 nitrogen and oxygen atoms in total. The largest absolute Gasteiger partial charge is 0.391 e. The molecule has 0 aliphatic carbocycles. The normalized spacial score (nSPS) is 13.4. The molecule has 0 spiro atoms. The van der Waals surface area contributed by atoms with Gasteiger partial charge in [0.05, 0.1) is 21.6 Å².